The largest absolute Gasteiger partial charge is 0.282 e. The summed E-state index contributed by atoms with van der Waals surface area (Å²) < 4.78 is 40.2. The number of nitrogens with zero attached hydrogens (tertiary/aromatic N) is 3. The Morgan fingerprint density at radius 3 is 2.28 bits per heavy atom. The summed E-state index contributed by atoms with van der Waals surface area (Å²) in [7, 11) is -3.47. The monoisotopic (exact) mass is 379 g/mol. The molecule has 1 aromatic carbocycles. The summed E-state index contributed by atoms with van der Waals surface area (Å²) in [6.07, 6.45) is 0. The van der Waals surface area contributed by atoms with Gasteiger partial charge in [-0.15, -0.1) is 11.3 Å². The molecule has 8 heteroatoms. The molecule has 2 aromatic rings. The third kappa shape index (κ3) is 3.75. The van der Waals surface area contributed by atoms with Crippen molar-refractivity contribution in [2.24, 2.45) is 0 Å². The van der Waals surface area contributed by atoms with Gasteiger partial charge in [0.1, 0.15) is 16.1 Å². The van der Waals surface area contributed by atoms with E-state index in [0.29, 0.717) is 36.0 Å². The van der Waals surface area contributed by atoms with E-state index >= 15 is 0 Å². The summed E-state index contributed by atoms with van der Waals surface area (Å²) in [5, 5.41) is 9.49. The van der Waals surface area contributed by atoms with Gasteiger partial charge in [-0.25, -0.2) is 12.8 Å². The van der Waals surface area contributed by atoms with E-state index in [1.54, 1.807) is 24.3 Å². The zero-order valence-corrected chi connectivity index (χ0v) is 15.4. The van der Waals surface area contributed by atoms with Crippen LogP contribution in [0.15, 0.2) is 40.6 Å². The van der Waals surface area contributed by atoms with Gasteiger partial charge in [0.25, 0.3) is 10.0 Å². The summed E-state index contributed by atoms with van der Waals surface area (Å²) in [5.41, 5.74) is 0.717. The maximum Gasteiger partial charge on any atom is 0.252 e. The normalized spacial score (nSPS) is 18.0. The van der Waals surface area contributed by atoms with Crippen LogP contribution >= 0.6 is 11.3 Å². The molecule has 0 bridgehead atoms. The summed E-state index contributed by atoms with van der Waals surface area (Å²) in [6, 6.07) is 11.0. The molecule has 0 spiro atoms. The Morgan fingerprint density at radius 2 is 1.76 bits per heavy atom. The van der Waals surface area contributed by atoms with Crippen molar-refractivity contribution in [3.8, 4) is 6.07 Å². The van der Waals surface area contributed by atoms with E-state index in [9.17, 15) is 18.1 Å². The lowest BCUT2D eigenvalue weighted by Crippen LogP contribution is -2.49. The molecule has 1 aliphatic rings. The topological polar surface area (TPSA) is 64.4 Å². The van der Waals surface area contributed by atoms with E-state index in [-0.39, 0.29) is 5.82 Å². The van der Waals surface area contributed by atoms with E-state index in [4.69, 9.17) is 0 Å². The van der Waals surface area contributed by atoms with Crippen LogP contribution in [0, 0.1) is 24.1 Å². The SMILES string of the molecule is Cc1ccc(S(=O)(=O)N2CCN(C(C#N)c3ccc(F)cc3)CC2)s1. The first-order valence-electron chi connectivity index (χ1n) is 7.87. The van der Waals surface area contributed by atoms with Gasteiger partial charge in [0.05, 0.1) is 6.07 Å². The molecule has 2 heterocycles. The fraction of sp³-hybridized carbons (Fsp3) is 0.353. The van der Waals surface area contributed by atoms with Crippen molar-refractivity contribution in [1.82, 2.24) is 9.21 Å². The molecule has 1 aliphatic heterocycles. The number of piperazine rings is 1. The number of thiophene rings is 1. The van der Waals surface area contributed by atoms with Crippen LogP contribution in [-0.4, -0.2) is 43.8 Å². The van der Waals surface area contributed by atoms with Gasteiger partial charge in [0, 0.05) is 31.1 Å². The van der Waals surface area contributed by atoms with Crippen molar-refractivity contribution >= 4 is 21.4 Å². The lowest BCUT2D eigenvalue weighted by atomic mass is 10.1. The molecule has 0 amide bonds. The predicted octanol–water partition coefficient (Wildman–Crippen LogP) is 2.77. The number of halogens is 1. The highest BCUT2D eigenvalue weighted by atomic mass is 32.2. The van der Waals surface area contributed by atoms with Crippen molar-refractivity contribution in [3.63, 3.8) is 0 Å². The van der Waals surface area contributed by atoms with Crippen molar-refractivity contribution in [1.29, 1.82) is 5.26 Å². The Balaban J connectivity index is 1.71. The van der Waals surface area contributed by atoms with Crippen molar-refractivity contribution in [2.75, 3.05) is 26.2 Å². The van der Waals surface area contributed by atoms with Gasteiger partial charge in [0.2, 0.25) is 0 Å². The van der Waals surface area contributed by atoms with Gasteiger partial charge >= 0.3 is 0 Å². The highest BCUT2D eigenvalue weighted by molar-refractivity contribution is 7.91. The molecule has 1 fully saturated rings. The van der Waals surface area contributed by atoms with Gasteiger partial charge in [-0.05, 0) is 36.8 Å². The average molecular weight is 379 g/mol. The smallest absolute Gasteiger partial charge is 0.252 e. The Bertz CT molecular complexity index is 879. The lowest BCUT2D eigenvalue weighted by Gasteiger charge is -2.36. The third-order valence-electron chi connectivity index (χ3n) is 4.26. The van der Waals surface area contributed by atoms with Crippen LogP contribution in [0.2, 0.25) is 0 Å². The number of benzene rings is 1. The van der Waals surface area contributed by atoms with Gasteiger partial charge in [-0.3, -0.25) is 4.90 Å². The van der Waals surface area contributed by atoms with Crippen molar-refractivity contribution < 1.29 is 12.8 Å². The molecule has 5 nitrogen and oxygen atoms in total. The first-order chi connectivity index (χ1) is 11.9. The van der Waals surface area contributed by atoms with Crippen molar-refractivity contribution in [3.05, 3.63) is 52.7 Å². The van der Waals surface area contributed by atoms with E-state index in [1.807, 2.05) is 11.8 Å². The second kappa shape index (κ2) is 7.22. The molecule has 0 N–H and O–H groups in total. The van der Waals surface area contributed by atoms with E-state index in [1.165, 1.54) is 27.8 Å². The summed E-state index contributed by atoms with van der Waals surface area (Å²) in [4.78, 5) is 2.89. The van der Waals surface area contributed by atoms with Crippen LogP contribution in [0.5, 0.6) is 0 Å². The summed E-state index contributed by atoms with van der Waals surface area (Å²) in [6.45, 7) is 3.46. The minimum absolute atomic E-state index is 0.332. The molecular weight excluding hydrogens is 361 g/mol. The molecule has 1 atom stereocenters. The summed E-state index contributed by atoms with van der Waals surface area (Å²) >= 11 is 1.27. The predicted molar refractivity (Wildman–Crippen MR) is 94.1 cm³/mol. The Kier molecular flexibility index (Phi) is 5.20. The van der Waals surface area contributed by atoms with E-state index in [0.717, 1.165) is 4.88 Å². The minimum atomic E-state index is -3.47. The summed E-state index contributed by atoms with van der Waals surface area (Å²) in [5.74, 6) is -0.345. The quantitative estimate of drug-likeness (QED) is 0.819. The second-order valence-electron chi connectivity index (χ2n) is 5.89. The Hall–Kier alpha value is -1.79. The van der Waals surface area contributed by atoms with Gasteiger partial charge in [-0.2, -0.15) is 9.57 Å². The first-order valence-corrected chi connectivity index (χ1v) is 10.1. The van der Waals surface area contributed by atoms with Crippen LogP contribution in [0.4, 0.5) is 4.39 Å². The molecule has 1 saturated heterocycles. The van der Waals surface area contributed by atoms with Gasteiger partial charge in [0.15, 0.2) is 0 Å². The molecule has 1 unspecified atom stereocenters. The molecule has 0 aliphatic carbocycles. The zero-order chi connectivity index (χ0) is 18.0. The van der Waals surface area contributed by atoms with Crippen LogP contribution < -0.4 is 0 Å². The Labute approximate surface area is 151 Å². The molecule has 1 aromatic heterocycles. The number of nitriles is 1. The standard InChI is InChI=1S/C17H18FN3O2S2/c1-13-2-7-17(24-13)25(22,23)21-10-8-20(9-11-21)16(12-19)14-3-5-15(18)6-4-14/h2-7,16H,8-11H2,1H3. The second-order valence-corrected chi connectivity index (χ2v) is 9.34. The fourth-order valence-electron chi connectivity index (χ4n) is 2.89. The first kappa shape index (κ1) is 18.0. The lowest BCUT2D eigenvalue weighted by molar-refractivity contribution is 0.162. The van der Waals surface area contributed by atoms with Crippen LogP contribution in [0.3, 0.4) is 0 Å². The Morgan fingerprint density at radius 1 is 1.12 bits per heavy atom. The van der Waals surface area contributed by atoms with Crippen LogP contribution in [0.1, 0.15) is 16.5 Å². The molecule has 25 heavy (non-hydrogen) atoms. The van der Waals surface area contributed by atoms with Gasteiger partial charge in [-0.1, -0.05) is 12.1 Å². The number of hydrogen-bond acceptors (Lipinski definition) is 5. The maximum absolute atomic E-state index is 13.1. The number of aryl methyl sites for hydroxylation is 1. The molecular formula is C17H18FN3O2S2. The molecule has 0 saturated carbocycles. The molecule has 0 radical (unpaired) electrons. The number of hydrogen-bond donors (Lipinski definition) is 0. The molecule has 132 valence electrons. The number of sulfonamides is 1. The van der Waals surface area contributed by atoms with E-state index < -0.39 is 16.1 Å². The zero-order valence-electron chi connectivity index (χ0n) is 13.7. The van der Waals surface area contributed by atoms with Crippen molar-refractivity contribution in [2.45, 2.75) is 17.2 Å². The number of rotatable bonds is 4. The maximum atomic E-state index is 13.1. The third-order valence-corrected chi connectivity index (χ3v) is 7.62. The highest BCUT2D eigenvalue weighted by Crippen LogP contribution is 2.27. The average Bonchev–Trinajstić information content (AvgIpc) is 3.05. The van der Waals surface area contributed by atoms with Crippen LogP contribution in [-0.2, 0) is 10.0 Å². The van der Waals surface area contributed by atoms with E-state index in [2.05, 4.69) is 6.07 Å². The minimum Gasteiger partial charge on any atom is -0.282 e. The molecule has 3 rings (SSSR count). The van der Waals surface area contributed by atoms with Gasteiger partial charge < -0.3 is 0 Å². The van der Waals surface area contributed by atoms with Crippen LogP contribution in [0.25, 0.3) is 0 Å². The highest BCUT2D eigenvalue weighted by Gasteiger charge is 2.32. The fourth-order valence-corrected chi connectivity index (χ4v) is 5.75.